The SMILES string of the molecule is CN(Cc1ccccc1F)CC1(C)CCNC1.Cl. The molecule has 0 saturated carbocycles. The van der Waals surface area contributed by atoms with Gasteiger partial charge < -0.3 is 10.2 Å². The van der Waals surface area contributed by atoms with E-state index in [9.17, 15) is 4.39 Å². The lowest BCUT2D eigenvalue weighted by molar-refractivity contribution is 0.201. The van der Waals surface area contributed by atoms with Crippen molar-refractivity contribution in [1.29, 1.82) is 0 Å². The summed E-state index contributed by atoms with van der Waals surface area (Å²) in [7, 11) is 2.07. The second-order valence-electron chi connectivity index (χ2n) is 5.50. The van der Waals surface area contributed by atoms with E-state index in [1.807, 2.05) is 12.1 Å². The first-order chi connectivity index (χ1) is 8.09. The molecule has 2 rings (SSSR count). The summed E-state index contributed by atoms with van der Waals surface area (Å²) < 4.78 is 13.5. The molecular weight excluding hydrogens is 251 g/mol. The van der Waals surface area contributed by atoms with Gasteiger partial charge in [-0.05, 0) is 31.5 Å². The maximum absolute atomic E-state index is 13.5. The van der Waals surface area contributed by atoms with Crippen LogP contribution in [-0.4, -0.2) is 31.6 Å². The lowest BCUT2D eigenvalue weighted by Crippen LogP contribution is -2.34. The van der Waals surface area contributed by atoms with Crippen molar-refractivity contribution in [3.05, 3.63) is 35.6 Å². The molecule has 102 valence electrons. The molecule has 0 radical (unpaired) electrons. The molecule has 0 aromatic heterocycles. The first-order valence-corrected chi connectivity index (χ1v) is 6.22. The molecule has 18 heavy (non-hydrogen) atoms. The molecule has 4 heteroatoms. The van der Waals surface area contributed by atoms with Crippen molar-refractivity contribution in [3.63, 3.8) is 0 Å². The largest absolute Gasteiger partial charge is 0.316 e. The molecular formula is C14H22ClFN2. The Labute approximate surface area is 115 Å². The van der Waals surface area contributed by atoms with E-state index < -0.39 is 0 Å². The minimum atomic E-state index is -0.103. The molecule has 1 atom stereocenters. The number of rotatable bonds is 4. The molecule has 1 aliphatic rings. The van der Waals surface area contributed by atoms with Crippen LogP contribution in [-0.2, 0) is 6.54 Å². The number of nitrogens with zero attached hydrogens (tertiary/aromatic N) is 1. The summed E-state index contributed by atoms with van der Waals surface area (Å²) in [5.74, 6) is -0.103. The van der Waals surface area contributed by atoms with Crippen LogP contribution in [0.5, 0.6) is 0 Å². The van der Waals surface area contributed by atoms with Crippen LogP contribution < -0.4 is 5.32 Å². The Hall–Kier alpha value is -0.640. The van der Waals surface area contributed by atoms with Crippen LogP contribution in [0.2, 0.25) is 0 Å². The number of nitrogens with one attached hydrogen (secondary N) is 1. The molecule has 1 aliphatic heterocycles. The lowest BCUT2D eigenvalue weighted by atomic mass is 9.89. The normalized spacial score (nSPS) is 23.1. The summed E-state index contributed by atoms with van der Waals surface area (Å²) in [6, 6.07) is 7.02. The molecule has 1 aromatic rings. The molecule has 1 aromatic carbocycles. The van der Waals surface area contributed by atoms with Gasteiger partial charge in [-0.25, -0.2) is 4.39 Å². The number of benzene rings is 1. The predicted octanol–water partition coefficient (Wildman–Crippen LogP) is 2.68. The Kier molecular flexibility index (Phi) is 5.57. The Morgan fingerprint density at radius 3 is 2.72 bits per heavy atom. The van der Waals surface area contributed by atoms with Gasteiger partial charge in [-0.15, -0.1) is 12.4 Å². The van der Waals surface area contributed by atoms with Crippen LogP contribution in [0.15, 0.2) is 24.3 Å². The maximum atomic E-state index is 13.5. The zero-order valence-corrected chi connectivity index (χ0v) is 11.9. The number of halogens is 2. The average molecular weight is 273 g/mol. The van der Waals surface area contributed by atoms with Gasteiger partial charge in [-0.3, -0.25) is 0 Å². The molecule has 2 nitrogen and oxygen atoms in total. The van der Waals surface area contributed by atoms with Crippen LogP contribution in [0.4, 0.5) is 4.39 Å². The summed E-state index contributed by atoms with van der Waals surface area (Å²) in [5.41, 5.74) is 1.12. The van der Waals surface area contributed by atoms with Crippen LogP contribution in [0, 0.1) is 11.2 Å². The zero-order chi connectivity index (χ0) is 12.3. The average Bonchev–Trinajstić information content (AvgIpc) is 2.68. The molecule has 1 heterocycles. The van der Waals surface area contributed by atoms with Crippen LogP contribution in [0.1, 0.15) is 18.9 Å². The Morgan fingerprint density at radius 1 is 1.39 bits per heavy atom. The highest BCUT2D eigenvalue weighted by Gasteiger charge is 2.29. The Bertz CT molecular complexity index is 378. The first kappa shape index (κ1) is 15.4. The van der Waals surface area contributed by atoms with Crippen LogP contribution in [0.25, 0.3) is 0 Å². The third kappa shape index (κ3) is 3.94. The van der Waals surface area contributed by atoms with E-state index in [2.05, 4.69) is 24.2 Å². The quantitative estimate of drug-likeness (QED) is 0.907. The highest BCUT2D eigenvalue weighted by Crippen LogP contribution is 2.25. The summed E-state index contributed by atoms with van der Waals surface area (Å²) in [6.07, 6.45) is 1.20. The monoisotopic (exact) mass is 272 g/mol. The van der Waals surface area contributed by atoms with Crippen molar-refractivity contribution in [3.8, 4) is 0 Å². The van der Waals surface area contributed by atoms with Crippen molar-refractivity contribution >= 4 is 12.4 Å². The van der Waals surface area contributed by atoms with E-state index >= 15 is 0 Å². The molecule has 1 fully saturated rings. The number of hydrogen-bond acceptors (Lipinski definition) is 2. The summed E-state index contributed by atoms with van der Waals surface area (Å²) in [6.45, 7) is 6.15. The third-order valence-corrected chi connectivity index (χ3v) is 3.51. The minimum Gasteiger partial charge on any atom is -0.316 e. The van der Waals surface area contributed by atoms with E-state index in [0.29, 0.717) is 12.0 Å². The van der Waals surface area contributed by atoms with Crippen molar-refractivity contribution < 1.29 is 4.39 Å². The van der Waals surface area contributed by atoms with Gasteiger partial charge in [0, 0.05) is 25.2 Å². The fourth-order valence-corrected chi connectivity index (χ4v) is 2.63. The van der Waals surface area contributed by atoms with Crippen molar-refractivity contribution in [1.82, 2.24) is 10.2 Å². The van der Waals surface area contributed by atoms with Gasteiger partial charge in [0.25, 0.3) is 0 Å². The van der Waals surface area contributed by atoms with Gasteiger partial charge in [-0.2, -0.15) is 0 Å². The molecule has 1 saturated heterocycles. The summed E-state index contributed by atoms with van der Waals surface area (Å²) in [5, 5.41) is 3.39. The zero-order valence-electron chi connectivity index (χ0n) is 11.1. The van der Waals surface area contributed by atoms with E-state index in [4.69, 9.17) is 0 Å². The highest BCUT2D eigenvalue weighted by atomic mass is 35.5. The van der Waals surface area contributed by atoms with Gasteiger partial charge in [-0.1, -0.05) is 25.1 Å². The minimum absolute atomic E-state index is 0. The van der Waals surface area contributed by atoms with E-state index in [1.165, 1.54) is 12.5 Å². The number of hydrogen-bond donors (Lipinski definition) is 1. The molecule has 0 amide bonds. The van der Waals surface area contributed by atoms with E-state index in [0.717, 1.165) is 25.2 Å². The van der Waals surface area contributed by atoms with E-state index in [-0.39, 0.29) is 18.2 Å². The van der Waals surface area contributed by atoms with Gasteiger partial charge in [0.05, 0.1) is 0 Å². The highest BCUT2D eigenvalue weighted by molar-refractivity contribution is 5.85. The standard InChI is InChI=1S/C14H21FN2.ClH/c1-14(7-8-16-10-14)11-17(2)9-12-5-3-4-6-13(12)15;/h3-6,16H,7-11H2,1-2H3;1H. The van der Waals surface area contributed by atoms with Crippen LogP contribution >= 0.6 is 12.4 Å². The first-order valence-electron chi connectivity index (χ1n) is 6.22. The lowest BCUT2D eigenvalue weighted by Gasteiger charge is -2.29. The van der Waals surface area contributed by atoms with Gasteiger partial charge in [0.2, 0.25) is 0 Å². The van der Waals surface area contributed by atoms with Crippen molar-refractivity contribution in [2.75, 3.05) is 26.7 Å². The molecule has 0 bridgehead atoms. The topological polar surface area (TPSA) is 15.3 Å². The summed E-state index contributed by atoms with van der Waals surface area (Å²) in [4.78, 5) is 2.21. The maximum Gasteiger partial charge on any atom is 0.127 e. The van der Waals surface area contributed by atoms with Crippen LogP contribution in [0.3, 0.4) is 0 Å². The second-order valence-corrected chi connectivity index (χ2v) is 5.50. The second kappa shape index (κ2) is 6.50. The van der Waals surface area contributed by atoms with Crippen molar-refractivity contribution in [2.45, 2.75) is 19.9 Å². The van der Waals surface area contributed by atoms with Gasteiger partial charge >= 0.3 is 0 Å². The summed E-state index contributed by atoms with van der Waals surface area (Å²) >= 11 is 0. The van der Waals surface area contributed by atoms with Gasteiger partial charge in [0.15, 0.2) is 0 Å². The third-order valence-electron chi connectivity index (χ3n) is 3.51. The van der Waals surface area contributed by atoms with E-state index in [1.54, 1.807) is 6.07 Å². The predicted molar refractivity (Wildman–Crippen MR) is 75.6 cm³/mol. The molecule has 0 aliphatic carbocycles. The smallest absolute Gasteiger partial charge is 0.127 e. The molecule has 0 spiro atoms. The Morgan fingerprint density at radius 2 is 2.11 bits per heavy atom. The van der Waals surface area contributed by atoms with Crippen molar-refractivity contribution in [2.24, 2.45) is 5.41 Å². The fourth-order valence-electron chi connectivity index (χ4n) is 2.63. The molecule has 1 unspecified atom stereocenters. The molecule has 1 N–H and O–H groups in total. The fraction of sp³-hybridized carbons (Fsp3) is 0.571. The Balaban J connectivity index is 0.00000162. The van der Waals surface area contributed by atoms with Gasteiger partial charge in [0.1, 0.15) is 5.82 Å².